The van der Waals surface area contributed by atoms with Crippen LogP contribution >= 0.6 is 11.6 Å². The summed E-state index contributed by atoms with van der Waals surface area (Å²) < 4.78 is 2.91. The number of aryl methyl sites for hydroxylation is 1. The van der Waals surface area contributed by atoms with Gasteiger partial charge in [-0.05, 0) is 68.5 Å². The molecular weight excluding hydrogens is 520 g/mol. The van der Waals surface area contributed by atoms with E-state index in [1.54, 1.807) is 38.6 Å². The highest BCUT2D eigenvalue weighted by Crippen LogP contribution is 2.30. The second-order valence-corrected chi connectivity index (χ2v) is 10.4. The van der Waals surface area contributed by atoms with Crippen molar-refractivity contribution in [1.82, 2.24) is 18.9 Å². The zero-order valence-corrected chi connectivity index (χ0v) is 22.4. The number of benzene rings is 2. The van der Waals surface area contributed by atoms with Gasteiger partial charge in [-0.2, -0.15) is 5.26 Å². The third-order valence-electron chi connectivity index (χ3n) is 7.34. The van der Waals surface area contributed by atoms with Crippen molar-refractivity contribution in [2.75, 3.05) is 31.5 Å². The zero-order chi connectivity index (χ0) is 27.7. The summed E-state index contributed by atoms with van der Waals surface area (Å²) in [6.45, 7) is 4.33. The molecule has 39 heavy (non-hydrogen) atoms. The predicted octanol–water partition coefficient (Wildman–Crippen LogP) is 3.50. The Kier molecular flexibility index (Phi) is 7.44. The molecule has 2 fully saturated rings. The minimum absolute atomic E-state index is 0.206. The number of aromatic nitrogens is 2. The lowest BCUT2D eigenvalue weighted by molar-refractivity contribution is 0.0762. The maximum atomic E-state index is 13.2. The fraction of sp³-hybridized carbons (Fsp3) is 0.393. The van der Waals surface area contributed by atoms with Crippen LogP contribution in [0.3, 0.4) is 0 Å². The van der Waals surface area contributed by atoms with Crippen LogP contribution in [0.5, 0.6) is 0 Å². The molecule has 5 rings (SSSR count). The Labute approximate surface area is 230 Å². The van der Waals surface area contributed by atoms with Gasteiger partial charge in [0.15, 0.2) is 0 Å². The third kappa shape index (κ3) is 5.40. The number of carbonyl (C=O) groups is 2. The molecule has 3 amide bonds. The molecule has 1 saturated heterocycles. The van der Waals surface area contributed by atoms with E-state index in [4.69, 9.17) is 16.9 Å². The van der Waals surface area contributed by atoms with Gasteiger partial charge in [-0.1, -0.05) is 11.6 Å². The highest BCUT2D eigenvalue weighted by atomic mass is 35.5. The number of carbonyl (C=O) groups excluding carboxylic acids is 2. The van der Waals surface area contributed by atoms with Crippen LogP contribution in [0.1, 0.15) is 42.1 Å². The Balaban J connectivity index is 1.30. The number of anilines is 1. The highest BCUT2D eigenvalue weighted by Gasteiger charge is 2.26. The molecule has 11 heteroatoms. The molecule has 1 aromatic heterocycles. The molecule has 0 spiro atoms. The molecule has 2 aromatic carbocycles. The lowest BCUT2D eigenvalue weighted by atomic mass is 10.1. The number of rotatable bonds is 5. The Morgan fingerprint density at radius 2 is 1.77 bits per heavy atom. The summed E-state index contributed by atoms with van der Waals surface area (Å²) in [5, 5.41) is 12.6. The van der Waals surface area contributed by atoms with E-state index in [1.165, 1.54) is 16.7 Å². The van der Waals surface area contributed by atoms with Gasteiger partial charge in [0.1, 0.15) is 6.07 Å². The van der Waals surface area contributed by atoms with Crippen molar-refractivity contribution in [1.29, 1.82) is 5.26 Å². The molecule has 0 radical (unpaired) electrons. The zero-order valence-electron chi connectivity index (χ0n) is 21.7. The van der Waals surface area contributed by atoms with Crippen molar-refractivity contribution >= 4 is 40.1 Å². The number of amides is 3. The Morgan fingerprint density at radius 3 is 2.46 bits per heavy atom. The van der Waals surface area contributed by atoms with E-state index in [0.29, 0.717) is 79.3 Å². The first kappa shape index (κ1) is 26.5. The molecule has 10 nitrogen and oxygen atoms in total. The van der Waals surface area contributed by atoms with Crippen LogP contribution in [0.15, 0.2) is 46.0 Å². The van der Waals surface area contributed by atoms with E-state index < -0.39 is 0 Å². The average Bonchev–Trinajstić information content (AvgIpc) is 3.78. The van der Waals surface area contributed by atoms with Crippen molar-refractivity contribution in [2.45, 2.75) is 39.3 Å². The van der Waals surface area contributed by atoms with Crippen LogP contribution in [0.4, 0.5) is 10.5 Å². The van der Waals surface area contributed by atoms with Gasteiger partial charge >= 0.3 is 11.7 Å². The van der Waals surface area contributed by atoms with Crippen molar-refractivity contribution in [3.05, 3.63) is 73.4 Å². The summed E-state index contributed by atoms with van der Waals surface area (Å²) in [5.41, 5.74) is 1.07. The number of nitriles is 1. The molecular formula is C28H29ClN6O4. The summed E-state index contributed by atoms with van der Waals surface area (Å²) in [7, 11) is 0. The third-order valence-corrected chi connectivity index (χ3v) is 7.65. The minimum atomic E-state index is -0.338. The van der Waals surface area contributed by atoms with Gasteiger partial charge in [-0.3, -0.25) is 18.7 Å². The normalized spacial score (nSPS) is 15.6. The van der Waals surface area contributed by atoms with Crippen LogP contribution in [0, 0.1) is 17.2 Å². The smallest absolute Gasteiger partial charge is 0.331 e. The summed E-state index contributed by atoms with van der Waals surface area (Å²) >= 11 is 6.10. The minimum Gasteiger partial charge on any atom is -0.337 e. The van der Waals surface area contributed by atoms with Crippen LogP contribution < -0.4 is 16.6 Å². The lowest BCUT2D eigenvalue weighted by Crippen LogP contribution is -2.40. The summed E-state index contributed by atoms with van der Waals surface area (Å²) in [6, 6.07) is 11.3. The molecule has 1 saturated carbocycles. The van der Waals surface area contributed by atoms with E-state index in [-0.39, 0.29) is 28.2 Å². The second-order valence-electron chi connectivity index (χ2n) is 9.99. The molecule has 1 aliphatic heterocycles. The topological polar surface area (TPSA) is 120 Å². The monoisotopic (exact) mass is 548 g/mol. The fourth-order valence-corrected chi connectivity index (χ4v) is 5.20. The van der Waals surface area contributed by atoms with Gasteiger partial charge < -0.3 is 15.1 Å². The Bertz CT molecular complexity index is 1620. The second kappa shape index (κ2) is 10.9. The van der Waals surface area contributed by atoms with Crippen molar-refractivity contribution < 1.29 is 9.59 Å². The first-order valence-corrected chi connectivity index (χ1v) is 13.5. The molecule has 1 N–H and O–H groups in total. The number of nitrogens with zero attached hydrogens (tertiary/aromatic N) is 5. The van der Waals surface area contributed by atoms with Crippen LogP contribution in [0.2, 0.25) is 5.02 Å². The Morgan fingerprint density at radius 1 is 1.03 bits per heavy atom. The number of urea groups is 1. The molecule has 2 aliphatic rings. The van der Waals surface area contributed by atoms with E-state index in [9.17, 15) is 19.2 Å². The lowest BCUT2D eigenvalue weighted by Gasteiger charge is -2.23. The number of hydrogen-bond acceptors (Lipinski definition) is 5. The SMILES string of the molecule is CCn1c(=O)n(CC2CC2)c(=O)c2cc(NC(=O)N3CCCN(C(=O)c4ccc(C#N)c(Cl)c4)CC3)ccc21. The molecule has 0 atom stereocenters. The van der Waals surface area contributed by atoms with Gasteiger partial charge in [0.2, 0.25) is 0 Å². The quantitative estimate of drug-likeness (QED) is 0.523. The van der Waals surface area contributed by atoms with Gasteiger partial charge in [0.05, 0.1) is 21.5 Å². The van der Waals surface area contributed by atoms with E-state index in [0.717, 1.165) is 12.8 Å². The number of hydrogen-bond donors (Lipinski definition) is 1. The van der Waals surface area contributed by atoms with Crippen molar-refractivity contribution in [3.63, 3.8) is 0 Å². The van der Waals surface area contributed by atoms with Crippen molar-refractivity contribution in [2.24, 2.45) is 5.92 Å². The number of nitrogens with one attached hydrogen (secondary N) is 1. The molecule has 1 aliphatic carbocycles. The van der Waals surface area contributed by atoms with Crippen LogP contribution in [-0.2, 0) is 13.1 Å². The first-order valence-electron chi connectivity index (χ1n) is 13.1. The largest absolute Gasteiger partial charge is 0.337 e. The van der Waals surface area contributed by atoms with Crippen LogP contribution in [-0.4, -0.2) is 57.1 Å². The summed E-state index contributed by atoms with van der Waals surface area (Å²) in [4.78, 5) is 55.6. The maximum Gasteiger partial charge on any atom is 0.331 e. The first-order chi connectivity index (χ1) is 18.8. The Hall–Kier alpha value is -4.10. The number of fused-ring (bicyclic) bond motifs is 1. The average molecular weight is 549 g/mol. The van der Waals surface area contributed by atoms with Gasteiger partial charge in [-0.25, -0.2) is 9.59 Å². The standard InChI is InChI=1S/C28H29ClN6O4/c1-2-34-24-9-8-21(15-22(24)26(37)35(28(34)39)17-18-4-5-18)31-27(38)33-11-3-10-32(12-13-33)25(36)19-6-7-20(16-30)23(29)14-19/h6-9,14-15,18H,2-5,10-13,17H2,1H3,(H,31,38). The summed E-state index contributed by atoms with van der Waals surface area (Å²) in [6.07, 6.45) is 2.63. The van der Waals surface area contributed by atoms with Gasteiger partial charge in [-0.15, -0.1) is 0 Å². The molecule has 0 bridgehead atoms. The number of halogens is 1. The summed E-state index contributed by atoms with van der Waals surface area (Å²) in [5.74, 6) is 0.159. The van der Waals surface area contributed by atoms with Crippen LogP contribution in [0.25, 0.3) is 10.9 Å². The molecule has 3 aromatic rings. The highest BCUT2D eigenvalue weighted by molar-refractivity contribution is 6.32. The molecule has 2 heterocycles. The van der Waals surface area contributed by atoms with Gasteiger partial charge in [0.25, 0.3) is 11.5 Å². The molecule has 202 valence electrons. The predicted molar refractivity (Wildman–Crippen MR) is 148 cm³/mol. The maximum absolute atomic E-state index is 13.2. The van der Waals surface area contributed by atoms with Crippen molar-refractivity contribution in [3.8, 4) is 6.07 Å². The van der Waals surface area contributed by atoms with E-state index in [2.05, 4.69) is 5.32 Å². The molecule has 0 unspecified atom stereocenters. The fourth-order valence-electron chi connectivity index (χ4n) is 4.97. The van der Waals surface area contributed by atoms with Gasteiger partial charge in [0, 0.05) is 50.5 Å². The van der Waals surface area contributed by atoms with E-state index in [1.807, 2.05) is 13.0 Å². The van der Waals surface area contributed by atoms with E-state index >= 15 is 0 Å².